The van der Waals surface area contributed by atoms with E-state index in [-0.39, 0.29) is 5.91 Å². The van der Waals surface area contributed by atoms with Crippen LogP contribution in [-0.2, 0) is 11.3 Å². The van der Waals surface area contributed by atoms with Crippen molar-refractivity contribution in [1.29, 1.82) is 0 Å². The molecule has 0 spiro atoms. The Kier molecular flexibility index (Phi) is 7.43. The van der Waals surface area contributed by atoms with Crippen LogP contribution in [0.15, 0.2) is 48.5 Å². The summed E-state index contributed by atoms with van der Waals surface area (Å²) in [5, 5.41) is 11.1. The summed E-state index contributed by atoms with van der Waals surface area (Å²) in [5.74, 6) is 0.810. The Labute approximate surface area is 156 Å². The topological polar surface area (TPSA) is 40.5 Å². The smallest absolute Gasteiger partial charge is 0.232 e. The zero-order valence-corrected chi connectivity index (χ0v) is 15.6. The lowest BCUT2D eigenvalue weighted by Crippen LogP contribution is -2.28. The van der Waals surface area contributed by atoms with Crippen molar-refractivity contribution in [3.63, 3.8) is 0 Å². The van der Waals surface area contributed by atoms with Gasteiger partial charge in [0.05, 0.1) is 21.9 Å². The quantitative estimate of drug-likeness (QED) is 0.768. The number of hydrogen-bond acceptors (Lipinski definition) is 3. The molecule has 0 saturated carbocycles. The van der Waals surface area contributed by atoms with Gasteiger partial charge in [0.15, 0.2) is 0 Å². The minimum atomic E-state index is -0.565. The van der Waals surface area contributed by atoms with E-state index in [4.69, 9.17) is 23.2 Å². The Morgan fingerprint density at radius 1 is 1.17 bits per heavy atom. The summed E-state index contributed by atoms with van der Waals surface area (Å²) >= 11 is 13.3. The number of carbonyl (C=O) groups is 1. The Balaban J connectivity index is 1.78. The van der Waals surface area contributed by atoms with E-state index in [9.17, 15) is 9.90 Å². The van der Waals surface area contributed by atoms with Crippen molar-refractivity contribution in [3.05, 3.63) is 69.7 Å². The zero-order chi connectivity index (χ0) is 17.5. The zero-order valence-electron chi connectivity index (χ0n) is 13.3. The van der Waals surface area contributed by atoms with Crippen LogP contribution in [0.2, 0.25) is 10.0 Å². The summed E-state index contributed by atoms with van der Waals surface area (Å²) in [6.07, 6.45) is -0.565. The van der Waals surface area contributed by atoms with Gasteiger partial charge in [-0.1, -0.05) is 59.6 Å². The van der Waals surface area contributed by atoms with Crippen LogP contribution in [0.25, 0.3) is 0 Å². The highest BCUT2D eigenvalue weighted by Gasteiger charge is 2.12. The lowest BCUT2D eigenvalue weighted by Gasteiger charge is -2.18. The lowest BCUT2D eigenvalue weighted by atomic mass is 10.1. The normalized spacial score (nSPS) is 12.0. The maximum atomic E-state index is 12.2. The average molecular weight is 384 g/mol. The lowest BCUT2D eigenvalue weighted by molar-refractivity contribution is -0.127. The number of benzene rings is 2. The predicted octanol–water partition coefficient (Wildman–Crippen LogP) is 4.42. The first-order valence-corrected chi connectivity index (χ1v) is 9.37. The van der Waals surface area contributed by atoms with Gasteiger partial charge in [-0.15, -0.1) is 11.8 Å². The van der Waals surface area contributed by atoms with Crippen LogP contribution in [0.5, 0.6) is 0 Å². The molecule has 0 aliphatic carbocycles. The van der Waals surface area contributed by atoms with Gasteiger partial charge < -0.3 is 10.0 Å². The SMILES string of the molecule is CN(Cc1ccc(Cl)c(Cl)c1)C(=O)CSCC(O)c1ccccc1. The molecule has 128 valence electrons. The second-order valence-electron chi connectivity index (χ2n) is 5.44. The van der Waals surface area contributed by atoms with E-state index in [0.29, 0.717) is 28.1 Å². The predicted molar refractivity (Wildman–Crippen MR) is 102 cm³/mol. The van der Waals surface area contributed by atoms with Crippen molar-refractivity contribution in [2.45, 2.75) is 12.6 Å². The van der Waals surface area contributed by atoms with Crippen LogP contribution in [0.1, 0.15) is 17.2 Å². The number of halogens is 2. The van der Waals surface area contributed by atoms with Gasteiger partial charge in [-0.2, -0.15) is 0 Å². The number of nitrogens with zero attached hydrogens (tertiary/aromatic N) is 1. The molecule has 6 heteroatoms. The van der Waals surface area contributed by atoms with Gasteiger partial charge >= 0.3 is 0 Å². The van der Waals surface area contributed by atoms with Crippen LogP contribution in [0.3, 0.4) is 0 Å². The van der Waals surface area contributed by atoms with Crippen molar-refractivity contribution < 1.29 is 9.90 Å². The summed E-state index contributed by atoms with van der Waals surface area (Å²) in [6, 6.07) is 14.8. The molecule has 1 N–H and O–H groups in total. The molecule has 0 fully saturated rings. The van der Waals surface area contributed by atoms with E-state index in [1.165, 1.54) is 11.8 Å². The molecule has 1 atom stereocenters. The summed E-state index contributed by atoms with van der Waals surface area (Å²) in [7, 11) is 1.75. The van der Waals surface area contributed by atoms with Crippen molar-refractivity contribution in [3.8, 4) is 0 Å². The van der Waals surface area contributed by atoms with Crippen LogP contribution in [-0.4, -0.2) is 34.5 Å². The van der Waals surface area contributed by atoms with Gasteiger partial charge in [-0.05, 0) is 23.3 Å². The van der Waals surface area contributed by atoms with E-state index in [1.54, 1.807) is 24.1 Å². The van der Waals surface area contributed by atoms with Crippen LogP contribution < -0.4 is 0 Å². The largest absolute Gasteiger partial charge is 0.388 e. The summed E-state index contributed by atoms with van der Waals surface area (Å²) in [5.41, 5.74) is 1.79. The van der Waals surface area contributed by atoms with E-state index >= 15 is 0 Å². The molecule has 2 aromatic carbocycles. The van der Waals surface area contributed by atoms with E-state index in [2.05, 4.69) is 0 Å². The van der Waals surface area contributed by atoms with E-state index in [0.717, 1.165) is 11.1 Å². The average Bonchev–Trinajstić information content (AvgIpc) is 2.58. The highest BCUT2D eigenvalue weighted by Crippen LogP contribution is 2.23. The Bertz CT molecular complexity index is 682. The fourth-order valence-corrected chi connectivity index (χ4v) is 3.39. The van der Waals surface area contributed by atoms with Crippen molar-refractivity contribution in [1.82, 2.24) is 4.90 Å². The molecule has 1 amide bonds. The maximum absolute atomic E-state index is 12.2. The van der Waals surface area contributed by atoms with Gasteiger partial charge in [-0.25, -0.2) is 0 Å². The third-order valence-corrected chi connectivity index (χ3v) is 5.26. The molecule has 2 aromatic rings. The summed E-state index contributed by atoms with van der Waals surface area (Å²) in [6.45, 7) is 0.470. The highest BCUT2D eigenvalue weighted by molar-refractivity contribution is 7.99. The Morgan fingerprint density at radius 2 is 1.88 bits per heavy atom. The number of amides is 1. The second kappa shape index (κ2) is 9.33. The summed E-state index contributed by atoms with van der Waals surface area (Å²) < 4.78 is 0. The summed E-state index contributed by atoms with van der Waals surface area (Å²) in [4.78, 5) is 13.8. The number of aliphatic hydroxyl groups excluding tert-OH is 1. The first kappa shape index (κ1) is 19.1. The number of hydrogen-bond donors (Lipinski definition) is 1. The molecule has 1 unspecified atom stereocenters. The monoisotopic (exact) mass is 383 g/mol. The van der Waals surface area contributed by atoms with Gasteiger partial charge in [-0.3, -0.25) is 4.79 Å². The molecule has 2 rings (SSSR count). The molecule has 24 heavy (non-hydrogen) atoms. The molecule has 3 nitrogen and oxygen atoms in total. The Hall–Kier alpha value is -1.20. The van der Waals surface area contributed by atoms with Gasteiger partial charge in [0.25, 0.3) is 0 Å². The number of rotatable bonds is 7. The van der Waals surface area contributed by atoms with E-state index < -0.39 is 6.10 Å². The molecule has 0 aliphatic heterocycles. The number of thioether (sulfide) groups is 1. The molecule has 0 radical (unpaired) electrons. The third-order valence-electron chi connectivity index (χ3n) is 3.52. The first-order chi connectivity index (χ1) is 11.5. The van der Waals surface area contributed by atoms with Gasteiger partial charge in [0, 0.05) is 19.3 Å². The number of carbonyl (C=O) groups excluding carboxylic acids is 1. The van der Waals surface area contributed by atoms with E-state index in [1.807, 2.05) is 36.4 Å². The molecule has 0 heterocycles. The highest BCUT2D eigenvalue weighted by atomic mass is 35.5. The van der Waals surface area contributed by atoms with Crippen LogP contribution in [0, 0.1) is 0 Å². The van der Waals surface area contributed by atoms with Crippen molar-refractivity contribution >= 4 is 40.9 Å². The minimum Gasteiger partial charge on any atom is -0.388 e. The van der Waals surface area contributed by atoms with Gasteiger partial charge in [0.1, 0.15) is 0 Å². The Morgan fingerprint density at radius 3 is 2.54 bits per heavy atom. The minimum absolute atomic E-state index is 0.00586. The van der Waals surface area contributed by atoms with Gasteiger partial charge in [0.2, 0.25) is 5.91 Å². The fraction of sp³-hybridized carbons (Fsp3) is 0.278. The second-order valence-corrected chi connectivity index (χ2v) is 7.28. The van der Waals surface area contributed by atoms with Crippen LogP contribution in [0.4, 0.5) is 0 Å². The van der Waals surface area contributed by atoms with Crippen molar-refractivity contribution in [2.24, 2.45) is 0 Å². The molecular weight excluding hydrogens is 365 g/mol. The third kappa shape index (κ3) is 5.71. The molecule has 0 saturated heterocycles. The number of aliphatic hydroxyl groups is 1. The molecule has 0 bridgehead atoms. The van der Waals surface area contributed by atoms with Crippen molar-refractivity contribution in [2.75, 3.05) is 18.6 Å². The fourth-order valence-electron chi connectivity index (χ4n) is 2.14. The molecule has 0 aromatic heterocycles. The molecular formula is C18H19Cl2NO2S. The maximum Gasteiger partial charge on any atom is 0.232 e. The van der Waals surface area contributed by atoms with Crippen LogP contribution >= 0.6 is 35.0 Å². The standard InChI is InChI=1S/C18H19Cl2NO2S/c1-21(10-13-7-8-15(19)16(20)9-13)18(23)12-24-11-17(22)14-5-3-2-4-6-14/h2-9,17,22H,10-12H2,1H3. The first-order valence-electron chi connectivity index (χ1n) is 7.46. The molecule has 0 aliphatic rings.